The minimum absolute atomic E-state index is 0.312. The Morgan fingerprint density at radius 1 is 1.30 bits per heavy atom. The number of anilines is 1. The lowest BCUT2D eigenvalue weighted by molar-refractivity contribution is -0.130. The Hall–Kier alpha value is -1.16. The summed E-state index contributed by atoms with van der Waals surface area (Å²) in [4.78, 5) is 18.7. The highest BCUT2D eigenvalue weighted by molar-refractivity contribution is 6.46. The third kappa shape index (κ3) is 2.29. The molecule has 1 fully saturated rings. The molecule has 5 N–H and O–H groups in total. The number of hydrogen-bond acceptors (Lipinski definition) is 8. The van der Waals surface area contributed by atoms with Crippen molar-refractivity contribution in [2.75, 3.05) is 5.73 Å². The van der Waals surface area contributed by atoms with Gasteiger partial charge in [-0.15, -0.1) is 0 Å². The highest BCUT2D eigenvalue weighted by atomic mass is 16.6. The number of rotatable bonds is 2. The van der Waals surface area contributed by atoms with Crippen molar-refractivity contribution in [3.8, 4) is 0 Å². The monoisotopic (exact) mass is 304 g/mol. The molecule has 1 aliphatic heterocycles. The van der Waals surface area contributed by atoms with Gasteiger partial charge in [-0.2, -0.15) is 4.98 Å². The van der Waals surface area contributed by atoms with Crippen molar-refractivity contribution in [2.45, 2.75) is 28.1 Å². The lowest BCUT2D eigenvalue weighted by atomic mass is 9.41. The molecule has 1 saturated heterocycles. The lowest BCUT2D eigenvalue weighted by Gasteiger charge is -2.47. The molecule has 12 radical (unpaired) electrons. The van der Waals surface area contributed by atoms with E-state index in [1.807, 2.05) is 0 Å². The maximum Gasteiger partial charge on any atom is 0.353 e. The van der Waals surface area contributed by atoms with Crippen LogP contribution in [0, 0.1) is 0 Å². The van der Waals surface area contributed by atoms with Crippen LogP contribution < -0.4 is 17.1 Å². The molecule has 4 atom stereocenters. The van der Waals surface area contributed by atoms with Crippen molar-refractivity contribution in [2.24, 2.45) is 0 Å². The van der Waals surface area contributed by atoms with E-state index < -0.39 is 45.5 Å². The van der Waals surface area contributed by atoms with Gasteiger partial charge in [0.2, 0.25) is 5.95 Å². The van der Waals surface area contributed by atoms with Gasteiger partial charge in [0.05, 0.1) is 16.7 Å². The largest absolute Gasteiger partial charge is 0.407 e. The van der Waals surface area contributed by atoms with E-state index in [1.165, 1.54) is 0 Å². The fourth-order valence-electron chi connectivity index (χ4n) is 2.25. The van der Waals surface area contributed by atoms with Crippen molar-refractivity contribution < 1.29 is 20.1 Å². The molecule has 1 aliphatic rings. The number of nitrogen functional groups attached to an aromatic ring is 1. The summed E-state index contributed by atoms with van der Waals surface area (Å²) in [6.07, 6.45) is -2.34. The minimum atomic E-state index is -3.01. The summed E-state index contributed by atoms with van der Waals surface area (Å²) >= 11 is 0. The van der Waals surface area contributed by atoms with Crippen molar-refractivity contribution in [1.29, 1.82) is 0 Å². The minimum Gasteiger partial charge on any atom is -0.407 e. The summed E-state index contributed by atoms with van der Waals surface area (Å²) in [5, 5.41) is 27.2. The van der Waals surface area contributed by atoms with Crippen LogP contribution >= 0.6 is 0 Å². The third-order valence-electron chi connectivity index (χ3n) is 3.53. The fourth-order valence-corrected chi connectivity index (χ4v) is 2.25. The zero-order chi connectivity index (χ0) is 18.0. The molecule has 9 nitrogen and oxygen atoms in total. The average molecular weight is 303 g/mol. The highest BCUT2D eigenvalue weighted by Crippen LogP contribution is 2.46. The van der Waals surface area contributed by atoms with E-state index in [-0.39, 0.29) is 0 Å². The second-order valence-corrected chi connectivity index (χ2v) is 5.20. The van der Waals surface area contributed by atoms with Gasteiger partial charge in [0.25, 0.3) is 0 Å². The van der Waals surface area contributed by atoms with Crippen molar-refractivity contribution in [1.82, 2.24) is 14.5 Å². The summed E-state index contributed by atoms with van der Waals surface area (Å²) in [7, 11) is 32.8. The Morgan fingerprint density at radius 3 is 2.22 bits per heavy atom. The van der Waals surface area contributed by atoms with Crippen LogP contribution in [0.4, 0.5) is 5.95 Å². The molecule has 106 valence electrons. The number of aliphatic hydroxyl groups excluding tert-OH is 1. The van der Waals surface area contributed by atoms with Crippen LogP contribution in [-0.2, 0) is 10.4 Å². The molecular weight excluding hydrogens is 297 g/mol. The predicted molar refractivity (Wildman–Crippen MR) is 82.6 cm³/mol. The predicted octanol–water partition coefficient (Wildman–Crippen LogP) is -7.11. The first kappa shape index (κ1) is 18.2. The van der Waals surface area contributed by atoms with E-state index in [0.29, 0.717) is 4.57 Å². The summed E-state index contributed by atoms with van der Waals surface area (Å²) in [5.41, 5.74) is -5.27. The molecule has 23 heavy (non-hydrogen) atoms. The van der Waals surface area contributed by atoms with E-state index in [4.69, 9.17) is 57.5 Å². The third-order valence-corrected chi connectivity index (χ3v) is 3.53. The Labute approximate surface area is 138 Å². The second kappa shape index (κ2) is 4.92. The molecule has 0 spiro atoms. The van der Waals surface area contributed by atoms with E-state index >= 15 is 0 Å². The molecule has 0 aliphatic carbocycles. The molecule has 1 aromatic rings. The number of nitrogens with two attached hydrogens (primary N) is 1. The Kier molecular flexibility index (Phi) is 3.89. The zero-order valence-electron chi connectivity index (χ0n) is 11.6. The molecule has 15 heteroatoms. The standard InChI is InChI=1S/C8H6B6N4O5/c9-2-16-3(15)17-4(20)18(2)6(11)1(19)5(10,21)7(12,23-6)8(13,14)22/h1,19,21-22H,(H2,15,17,20)/t1-,5?,6-,7?/m0/s1. The topological polar surface area (TPSA) is 144 Å². The van der Waals surface area contributed by atoms with Gasteiger partial charge >= 0.3 is 5.69 Å². The summed E-state index contributed by atoms with van der Waals surface area (Å²) < 4.78 is 5.32. The quantitative estimate of drug-likeness (QED) is 0.395. The van der Waals surface area contributed by atoms with Gasteiger partial charge in [-0.25, -0.2) is 9.78 Å². The van der Waals surface area contributed by atoms with Crippen molar-refractivity contribution in [3.05, 3.63) is 10.5 Å². The molecule has 0 aromatic carbocycles. The zero-order valence-corrected chi connectivity index (χ0v) is 11.6. The summed E-state index contributed by atoms with van der Waals surface area (Å²) in [6.45, 7) is 0. The normalized spacial score (nSPS) is 37.8. The van der Waals surface area contributed by atoms with Gasteiger partial charge in [-0.1, -0.05) is 0 Å². The molecule has 1 aromatic heterocycles. The van der Waals surface area contributed by atoms with Gasteiger partial charge in [-0.05, 0) is 0 Å². The Morgan fingerprint density at radius 2 is 1.83 bits per heavy atom. The Balaban J connectivity index is 2.73. The van der Waals surface area contributed by atoms with E-state index in [2.05, 4.69) is 9.97 Å². The smallest absolute Gasteiger partial charge is 0.353 e. The van der Waals surface area contributed by atoms with E-state index in [9.17, 15) is 20.1 Å². The van der Waals surface area contributed by atoms with Crippen LogP contribution in [0.5, 0.6) is 0 Å². The molecule has 0 amide bonds. The van der Waals surface area contributed by atoms with Crippen LogP contribution in [0.2, 0.25) is 0 Å². The Bertz CT molecular complexity index is 709. The molecule has 2 heterocycles. The van der Waals surface area contributed by atoms with Crippen LogP contribution in [-0.4, -0.2) is 99.4 Å². The van der Waals surface area contributed by atoms with Crippen LogP contribution in [0.3, 0.4) is 0 Å². The van der Waals surface area contributed by atoms with E-state index in [1.54, 1.807) is 0 Å². The van der Waals surface area contributed by atoms with Gasteiger partial charge in [0, 0.05) is 5.40 Å². The second-order valence-electron chi connectivity index (χ2n) is 5.20. The number of aliphatic hydroxyl groups is 3. The number of hydrogen-bond donors (Lipinski definition) is 4. The SMILES string of the molecule is [B]c1nc(N)nc(=O)n1[C@]1([B])OC([B])(C([B])([B])O)C([B])(O)[C@@H]1O. The fraction of sp³-hybridized carbons (Fsp3) is 0.625. The maximum absolute atomic E-state index is 12.0. The summed E-state index contributed by atoms with van der Waals surface area (Å²) in [5.74, 6) is -0.490. The van der Waals surface area contributed by atoms with Crippen LogP contribution in [0.1, 0.15) is 0 Å². The molecule has 0 bridgehead atoms. The van der Waals surface area contributed by atoms with Gasteiger partial charge in [-0.3, -0.25) is 4.57 Å². The number of aromatic nitrogens is 3. The maximum atomic E-state index is 12.0. The highest BCUT2D eigenvalue weighted by Gasteiger charge is 2.68. The van der Waals surface area contributed by atoms with Crippen LogP contribution in [0.25, 0.3) is 0 Å². The molecular formula is C8H6B6N4O5. The van der Waals surface area contributed by atoms with Gasteiger partial charge in [0.15, 0.2) is 7.85 Å². The number of ether oxygens (including phenoxy) is 1. The number of nitrogens with zero attached hydrogens (tertiary/aromatic N) is 3. The van der Waals surface area contributed by atoms with E-state index in [0.717, 1.165) is 0 Å². The summed E-state index contributed by atoms with van der Waals surface area (Å²) in [6, 6.07) is 0. The van der Waals surface area contributed by atoms with Crippen molar-refractivity contribution in [3.63, 3.8) is 0 Å². The first-order chi connectivity index (χ1) is 10.2. The lowest BCUT2D eigenvalue weighted by Crippen LogP contribution is -2.70. The first-order valence-corrected chi connectivity index (χ1v) is 5.98. The van der Waals surface area contributed by atoms with Crippen molar-refractivity contribution >= 4 is 58.7 Å². The average Bonchev–Trinajstić information content (AvgIpc) is 2.47. The molecule has 0 saturated carbocycles. The van der Waals surface area contributed by atoms with Gasteiger partial charge in [0.1, 0.15) is 51.0 Å². The molecule has 2 rings (SSSR count). The molecule has 2 unspecified atom stereocenters. The van der Waals surface area contributed by atoms with Crippen LogP contribution in [0.15, 0.2) is 4.79 Å². The first-order valence-electron chi connectivity index (χ1n) is 5.98. The van der Waals surface area contributed by atoms with Gasteiger partial charge < -0.3 is 25.8 Å².